The van der Waals surface area contributed by atoms with Gasteiger partial charge in [0.2, 0.25) is 0 Å². The Bertz CT molecular complexity index is 1690. The van der Waals surface area contributed by atoms with Crippen molar-refractivity contribution >= 4 is 11.9 Å². The lowest BCUT2D eigenvalue weighted by Gasteiger charge is -2.31. The van der Waals surface area contributed by atoms with Crippen LogP contribution in [0.15, 0.2) is 84.9 Å². The maximum absolute atomic E-state index is 9.10. The Morgan fingerprint density at radius 2 is 0.981 bits per heavy atom. The maximum Gasteiger partial charge on any atom is 0.414 e. The normalized spacial score (nSPS) is 16.1. The van der Waals surface area contributed by atoms with Gasteiger partial charge in [-0.15, -0.1) is 0 Å². The summed E-state index contributed by atoms with van der Waals surface area (Å²) in [4.78, 5) is 18.2. The quantitative estimate of drug-likeness (QED) is 0.139. The lowest BCUT2D eigenvalue weighted by Crippen LogP contribution is -2.45. The molecule has 54 heavy (non-hydrogen) atoms. The maximum atomic E-state index is 9.10. The van der Waals surface area contributed by atoms with Gasteiger partial charge >= 0.3 is 11.9 Å². The fraction of sp³-hybridized carbons (Fsp3) is 0.350. The molecule has 0 saturated carbocycles. The second-order valence-electron chi connectivity index (χ2n) is 12.1. The van der Waals surface area contributed by atoms with Crippen molar-refractivity contribution in [3.05, 3.63) is 96.1 Å². The first-order valence-corrected chi connectivity index (χ1v) is 17.2. The molecule has 6 rings (SSSR count). The van der Waals surface area contributed by atoms with Gasteiger partial charge in [0, 0.05) is 48.4 Å². The number of nitrogens with one attached hydrogen (secondary N) is 2. The Hall–Kier alpha value is -5.86. The van der Waals surface area contributed by atoms with Crippen LogP contribution in [0.25, 0.3) is 0 Å². The zero-order valence-corrected chi connectivity index (χ0v) is 31.2. The molecule has 0 fully saturated rings. The van der Waals surface area contributed by atoms with E-state index < -0.39 is 11.9 Å². The minimum atomic E-state index is -1.82. The second kappa shape index (κ2) is 20.4. The monoisotopic (exact) mass is 748 g/mol. The molecule has 4 aromatic carbocycles. The molecule has 14 nitrogen and oxygen atoms in total. The van der Waals surface area contributed by atoms with Crippen molar-refractivity contribution in [2.24, 2.45) is 0 Å². The molecule has 4 unspecified atom stereocenters. The van der Waals surface area contributed by atoms with E-state index in [-0.39, 0.29) is 24.3 Å². The number of benzene rings is 4. The summed E-state index contributed by atoms with van der Waals surface area (Å²) in [6.07, 6.45) is -0.0757. The number of aliphatic carboxylic acids is 2. The molecule has 14 heteroatoms. The number of carboxylic acid groups (broad SMARTS) is 2. The molecular weight excluding hydrogens is 700 g/mol. The molecule has 0 amide bonds. The third-order valence-electron chi connectivity index (χ3n) is 8.58. The predicted molar refractivity (Wildman–Crippen MR) is 200 cm³/mol. The van der Waals surface area contributed by atoms with Crippen LogP contribution in [0.1, 0.15) is 25.0 Å². The van der Waals surface area contributed by atoms with Gasteiger partial charge in [0.25, 0.3) is 0 Å². The van der Waals surface area contributed by atoms with Crippen molar-refractivity contribution in [2.75, 3.05) is 41.7 Å². The highest BCUT2D eigenvalue weighted by atomic mass is 16.6. The van der Waals surface area contributed by atoms with E-state index in [0.717, 1.165) is 57.1 Å². The molecule has 4 N–H and O–H groups in total. The third kappa shape index (κ3) is 11.6. The number of fused-ring (bicyclic) bond motifs is 2. The first-order chi connectivity index (χ1) is 26.1. The van der Waals surface area contributed by atoms with E-state index in [4.69, 9.17) is 57.7 Å². The van der Waals surface area contributed by atoms with Crippen LogP contribution in [-0.4, -0.2) is 88.1 Å². The number of methoxy groups -OCH3 is 4. The van der Waals surface area contributed by atoms with Crippen molar-refractivity contribution in [3.8, 4) is 46.0 Å². The number of para-hydroxylation sites is 4. The Balaban J connectivity index is 0.000000209. The highest BCUT2D eigenvalue weighted by Crippen LogP contribution is 2.33. The van der Waals surface area contributed by atoms with Crippen LogP contribution in [0, 0.1) is 0 Å². The van der Waals surface area contributed by atoms with Crippen LogP contribution in [0.5, 0.6) is 46.0 Å². The molecule has 2 heterocycles. The van der Waals surface area contributed by atoms with Crippen molar-refractivity contribution in [1.29, 1.82) is 0 Å². The summed E-state index contributed by atoms with van der Waals surface area (Å²) in [5.41, 5.74) is 2.14. The standard InChI is InChI=1S/2C19H23NO4.C2H2O4/c2*1-13(19-12-23-16-6-4-5-7-17(16)24-19)20-11-14-8-9-15(21-2)10-18(14)22-3;3-1(4)2(5)6/h2*4-10,13,19-20H,11-12H2,1-3H3;(H,3,4)(H,5,6). The van der Waals surface area contributed by atoms with Crippen LogP contribution in [-0.2, 0) is 22.7 Å². The summed E-state index contributed by atoms with van der Waals surface area (Å²) in [5, 5.41) is 21.8. The van der Waals surface area contributed by atoms with Crippen molar-refractivity contribution in [3.63, 3.8) is 0 Å². The molecule has 0 aromatic heterocycles. The van der Waals surface area contributed by atoms with Crippen LogP contribution < -0.4 is 48.5 Å². The zero-order valence-electron chi connectivity index (χ0n) is 31.2. The van der Waals surface area contributed by atoms with Gasteiger partial charge in [0.1, 0.15) is 48.4 Å². The van der Waals surface area contributed by atoms with Gasteiger partial charge in [-0.25, -0.2) is 9.59 Å². The average molecular weight is 749 g/mol. The van der Waals surface area contributed by atoms with Crippen molar-refractivity contribution < 1.29 is 57.7 Å². The van der Waals surface area contributed by atoms with Crippen molar-refractivity contribution in [2.45, 2.75) is 51.2 Å². The number of carbonyl (C=O) groups is 2. The van der Waals surface area contributed by atoms with Gasteiger partial charge < -0.3 is 58.7 Å². The van der Waals surface area contributed by atoms with E-state index in [1.165, 1.54) is 0 Å². The van der Waals surface area contributed by atoms with Gasteiger partial charge in [0.15, 0.2) is 23.0 Å². The van der Waals surface area contributed by atoms with Crippen LogP contribution in [0.3, 0.4) is 0 Å². The lowest BCUT2D eigenvalue weighted by molar-refractivity contribution is -0.159. The Morgan fingerprint density at radius 3 is 1.31 bits per heavy atom. The van der Waals surface area contributed by atoms with Crippen LogP contribution >= 0.6 is 0 Å². The Labute approximate surface area is 314 Å². The zero-order chi connectivity index (χ0) is 39.0. The smallest absolute Gasteiger partial charge is 0.414 e. The number of hydrogen-bond donors (Lipinski definition) is 4. The predicted octanol–water partition coefficient (Wildman–Crippen LogP) is 5.20. The van der Waals surface area contributed by atoms with E-state index >= 15 is 0 Å². The molecule has 290 valence electrons. The molecular formula is C40H48N2O12. The Morgan fingerprint density at radius 1 is 0.611 bits per heavy atom. The number of rotatable bonds is 12. The fourth-order valence-electron chi connectivity index (χ4n) is 5.36. The minimum absolute atomic E-state index is 0.0378. The minimum Gasteiger partial charge on any atom is -0.497 e. The summed E-state index contributed by atoms with van der Waals surface area (Å²) in [6.45, 7) is 6.61. The van der Waals surface area contributed by atoms with Gasteiger partial charge in [-0.2, -0.15) is 0 Å². The molecule has 0 spiro atoms. The third-order valence-corrected chi connectivity index (χ3v) is 8.58. The summed E-state index contributed by atoms with van der Waals surface area (Å²) < 4.78 is 45.0. The summed E-state index contributed by atoms with van der Waals surface area (Å²) in [7, 11) is 6.62. The second-order valence-corrected chi connectivity index (χ2v) is 12.1. The molecule has 0 radical (unpaired) electrons. The molecule has 0 aliphatic carbocycles. The van der Waals surface area contributed by atoms with E-state index in [1.54, 1.807) is 28.4 Å². The first kappa shape index (κ1) is 40.9. The number of ether oxygens (including phenoxy) is 8. The van der Waals surface area contributed by atoms with E-state index in [1.807, 2.05) is 84.9 Å². The van der Waals surface area contributed by atoms with E-state index in [0.29, 0.717) is 26.3 Å². The highest BCUT2D eigenvalue weighted by molar-refractivity contribution is 6.27. The van der Waals surface area contributed by atoms with Crippen LogP contribution in [0.4, 0.5) is 0 Å². The van der Waals surface area contributed by atoms with E-state index in [9.17, 15) is 0 Å². The van der Waals surface area contributed by atoms with Crippen LogP contribution in [0.2, 0.25) is 0 Å². The van der Waals surface area contributed by atoms with Gasteiger partial charge in [-0.1, -0.05) is 36.4 Å². The molecule has 2 aliphatic heterocycles. The molecule has 0 bridgehead atoms. The topological polar surface area (TPSA) is 172 Å². The molecule has 0 saturated heterocycles. The summed E-state index contributed by atoms with van der Waals surface area (Å²) in [6, 6.07) is 27.4. The van der Waals surface area contributed by atoms with E-state index in [2.05, 4.69) is 24.5 Å². The lowest BCUT2D eigenvalue weighted by atomic mass is 10.1. The first-order valence-electron chi connectivity index (χ1n) is 17.2. The number of hydrogen-bond acceptors (Lipinski definition) is 12. The molecule has 4 aromatic rings. The summed E-state index contributed by atoms with van der Waals surface area (Å²) >= 11 is 0. The van der Waals surface area contributed by atoms with Gasteiger partial charge in [0.05, 0.1) is 28.4 Å². The highest BCUT2D eigenvalue weighted by Gasteiger charge is 2.27. The summed E-state index contributed by atoms with van der Waals surface area (Å²) in [5.74, 6) is 2.73. The SMILES string of the molecule is COc1ccc(CNC(C)C2COc3ccccc3O2)c(OC)c1.COc1ccc(CNC(C)C2COc3ccccc3O2)c(OC)c1.O=C(O)C(=O)O. The number of carboxylic acids is 2. The fourth-order valence-corrected chi connectivity index (χ4v) is 5.36. The van der Waals surface area contributed by atoms with Crippen molar-refractivity contribution in [1.82, 2.24) is 10.6 Å². The molecule has 4 atom stereocenters. The van der Waals surface area contributed by atoms with Gasteiger partial charge in [-0.05, 0) is 50.2 Å². The van der Waals surface area contributed by atoms with Gasteiger partial charge in [-0.3, -0.25) is 0 Å². The average Bonchev–Trinajstić information content (AvgIpc) is 3.21. The Kier molecular flexibility index (Phi) is 15.5. The largest absolute Gasteiger partial charge is 0.497 e. The molecule has 2 aliphatic rings.